The minimum absolute atomic E-state index is 0.564. The maximum absolute atomic E-state index is 5.91. The van der Waals surface area contributed by atoms with Gasteiger partial charge in [-0.05, 0) is 29.3 Å². The number of rotatable bonds is 1. The zero-order chi connectivity index (χ0) is 10.1. The molecule has 2 aromatic rings. The van der Waals surface area contributed by atoms with E-state index < -0.39 is 0 Å². The van der Waals surface area contributed by atoms with Crippen LogP contribution in [0, 0.1) is 0 Å². The van der Waals surface area contributed by atoms with E-state index in [1.54, 1.807) is 6.07 Å². The van der Waals surface area contributed by atoms with Crippen molar-refractivity contribution < 1.29 is 0 Å². The Bertz CT molecular complexity index is 465. The highest BCUT2D eigenvalue weighted by Crippen LogP contribution is 2.31. The molecule has 0 aliphatic carbocycles. The maximum atomic E-state index is 5.91. The van der Waals surface area contributed by atoms with E-state index in [0.717, 1.165) is 16.1 Å². The van der Waals surface area contributed by atoms with Crippen LogP contribution >= 0.6 is 34.5 Å². The van der Waals surface area contributed by atoms with Crippen molar-refractivity contribution in [2.75, 3.05) is 5.73 Å². The number of hydrogen-bond acceptors (Lipinski definition) is 2. The van der Waals surface area contributed by atoms with Gasteiger partial charge in [0, 0.05) is 5.38 Å². The number of nitrogen functional groups attached to an aromatic ring is 1. The van der Waals surface area contributed by atoms with E-state index >= 15 is 0 Å². The summed E-state index contributed by atoms with van der Waals surface area (Å²) in [4.78, 5) is 0. The lowest BCUT2D eigenvalue weighted by molar-refractivity contribution is 1.67. The number of hydrogen-bond donors (Lipinski definition) is 1. The fourth-order valence-corrected chi connectivity index (χ4v) is 2.14. The van der Waals surface area contributed by atoms with Gasteiger partial charge in [0.25, 0.3) is 0 Å². The Labute approximate surface area is 96.1 Å². The van der Waals surface area contributed by atoms with Crippen molar-refractivity contribution in [2.45, 2.75) is 0 Å². The molecule has 0 aliphatic rings. The summed E-state index contributed by atoms with van der Waals surface area (Å²) in [6.45, 7) is 0. The normalized spacial score (nSPS) is 10.4. The second kappa shape index (κ2) is 3.81. The van der Waals surface area contributed by atoms with Gasteiger partial charge in [0.1, 0.15) is 0 Å². The molecule has 0 radical (unpaired) electrons. The van der Waals surface area contributed by atoms with Crippen LogP contribution in [-0.2, 0) is 0 Å². The van der Waals surface area contributed by atoms with Crippen LogP contribution in [0.2, 0.25) is 10.0 Å². The van der Waals surface area contributed by atoms with Crippen LogP contribution in [0.4, 0.5) is 5.00 Å². The number of halogens is 2. The number of anilines is 1. The Kier molecular flexibility index (Phi) is 2.68. The summed E-state index contributed by atoms with van der Waals surface area (Å²) in [7, 11) is 0. The fraction of sp³-hybridized carbons (Fsp3) is 0. The molecule has 1 heterocycles. The van der Waals surface area contributed by atoms with Crippen molar-refractivity contribution in [3.8, 4) is 11.1 Å². The van der Waals surface area contributed by atoms with Crippen LogP contribution in [0.1, 0.15) is 0 Å². The van der Waals surface area contributed by atoms with Gasteiger partial charge >= 0.3 is 0 Å². The molecule has 0 spiro atoms. The summed E-state index contributed by atoms with van der Waals surface area (Å²) in [6.07, 6.45) is 0. The molecule has 0 saturated heterocycles. The summed E-state index contributed by atoms with van der Waals surface area (Å²) in [5.41, 5.74) is 7.75. The highest BCUT2D eigenvalue weighted by atomic mass is 35.5. The lowest BCUT2D eigenvalue weighted by atomic mass is 10.1. The molecule has 4 heteroatoms. The Morgan fingerprint density at radius 2 is 1.79 bits per heavy atom. The lowest BCUT2D eigenvalue weighted by Gasteiger charge is -1.99. The van der Waals surface area contributed by atoms with Crippen molar-refractivity contribution >= 4 is 39.5 Å². The Hall–Kier alpha value is -0.700. The van der Waals surface area contributed by atoms with Crippen molar-refractivity contribution in [2.24, 2.45) is 0 Å². The molecular weight excluding hydrogens is 237 g/mol. The third kappa shape index (κ3) is 1.87. The SMILES string of the molecule is Nc1cc(-c2ccc(Cl)c(Cl)c2)cs1. The van der Waals surface area contributed by atoms with Crippen molar-refractivity contribution in [3.05, 3.63) is 39.7 Å². The van der Waals surface area contributed by atoms with Crippen LogP contribution in [0.3, 0.4) is 0 Å². The molecule has 0 aliphatic heterocycles. The summed E-state index contributed by atoms with van der Waals surface area (Å²) in [5.74, 6) is 0. The second-order valence-corrected chi connectivity index (χ2v) is 4.62. The van der Waals surface area contributed by atoms with Gasteiger partial charge in [0.05, 0.1) is 15.0 Å². The summed E-state index contributed by atoms with van der Waals surface area (Å²) in [6, 6.07) is 7.47. The molecule has 2 N–H and O–H groups in total. The molecule has 1 nitrogen and oxygen atoms in total. The molecule has 14 heavy (non-hydrogen) atoms. The zero-order valence-electron chi connectivity index (χ0n) is 7.13. The van der Waals surface area contributed by atoms with Gasteiger partial charge in [0.2, 0.25) is 0 Å². The maximum Gasteiger partial charge on any atom is 0.0862 e. The fourth-order valence-electron chi connectivity index (χ4n) is 1.18. The molecule has 0 amide bonds. The first-order chi connectivity index (χ1) is 6.66. The average molecular weight is 244 g/mol. The molecule has 72 valence electrons. The number of benzene rings is 1. The van der Waals surface area contributed by atoms with E-state index in [0.29, 0.717) is 10.0 Å². The standard InChI is InChI=1S/C10H7Cl2NS/c11-8-2-1-6(3-9(8)12)7-4-10(13)14-5-7/h1-5H,13H2. The van der Waals surface area contributed by atoms with Gasteiger partial charge < -0.3 is 5.73 Å². The minimum atomic E-state index is 0.564. The summed E-state index contributed by atoms with van der Waals surface area (Å²) < 4.78 is 0. The highest BCUT2D eigenvalue weighted by Gasteiger charge is 2.03. The second-order valence-electron chi connectivity index (χ2n) is 2.87. The van der Waals surface area contributed by atoms with Gasteiger partial charge in [-0.1, -0.05) is 29.3 Å². The quantitative estimate of drug-likeness (QED) is 0.794. The molecule has 0 bridgehead atoms. The van der Waals surface area contributed by atoms with Crippen molar-refractivity contribution in [1.82, 2.24) is 0 Å². The molecule has 0 saturated carbocycles. The van der Waals surface area contributed by atoms with E-state index in [4.69, 9.17) is 28.9 Å². The van der Waals surface area contributed by atoms with E-state index in [-0.39, 0.29) is 0 Å². The van der Waals surface area contributed by atoms with Crippen LogP contribution in [-0.4, -0.2) is 0 Å². The van der Waals surface area contributed by atoms with E-state index in [1.165, 1.54) is 11.3 Å². The zero-order valence-corrected chi connectivity index (χ0v) is 9.46. The van der Waals surface area contributed by atoms with Crippen LogP contribution in [0.5, 0.6) is 0 Å². The molecule has 1 aromatic heterocycles. The Balaban J connectivity index is 2.47. The third-order valence-corrected chi connectivity index (χ3v) is 3.37. The van der Waals surface area contributed by atoms with Crippen molar-refractivity contribution in [1.29, 1.82) is 0 Å². The van der Waals surface area contributed by atoms with Crippen molar-refractivity contribution in [3.63, 3.8) is 0 Å². The largest absolute Gasteiger partial charge is 0.391 e. The topological polar surface area (TPSA) is 26.0 Å². The monoisotopic (exact) mass is 243 g/mol. The lowest BCUT2D eigenvalue weighted by Crippen LogP contribution is -1.77. The minimum Gasteiger partial charge on any atom is -0.391 e. The van der Waals surface area contributed by atoms with Gasteiger partial charge in [0.15, 0.2) is 0 Å². The first kappa shape index (κ1) is 9.84. The summed E-state index contributed by atoms with van der Waals surface area (Å²) >= 11 is 13.2. The Morgan fingerprint density at radius 3 is 2.36 bits per heavy atom. The first-order valence-corrected chi connectivity index (χ1v) is 5.60. The molecule has 2 rings (SSSR count). The smallest absolute Gasteiger partial charge is 0.0862 e. The Morgan fingerprint density at radius 1 is 1.00 bits per heavy atom. The van der Waals surface area contributed by atoms with E-state index in [2.05, 4.69) is 0 Å². The predicted molar refractivity (Wildman–Crippen MR) is 64.2 cm³/mol. The number of thiophene rings is 1. The molecule has 0 atom stereocenters. The highest BCUT2D eigenvalue weighted by molar-refractivity contribution is 7.14. The van der Waals surface area contributed by atoms with Gasteiger partial charge in [-0.3, -0.25) is 0 Å². The first-order valence-electron chi connectivity index (χ1n) is 3.96. The van der Waals surface area contributed by atoms with E-state index in [1.807, 2.05) is 23.6 Å². The summed E-state index contributed by atoms with van der Waals surface area (Å²) in [5, 5.41) is 3.92. The van der Waals surface area contributed by atoms with Crippen LogP contribution < -0.4 is 5.73 Å². The van der Waals surface area contributed by atoms with Crippen LogP contribution in [0.25, 0.3) is 11.1 Å². The molecular formula is C10H7Cl2NS. The molecule has 1 aromatic carbocycles. The number of nitrogens with two attached hydrogens (primary N) is 1. The predicted octanol–water partition coefficient (Wildman–Crippen LogP) is 4.30. The average Bonchev–Trinajstić information content (AvgIpc) is 2.57. The third-order valence-electron chi connectivity index (χ3n) is 1.87. The molecule has 0 unspecified atom stereocenters. The molecule has 0 fully saturated rings. The van der Waals surface area contributed by atoms with Crippen LogP contribution in [0.15, 0.2) is 29.6 Å². The van der Waals surface area contributed by atoms with Gasteiger partial charge in [-0.2, -0.15) is 0 Å². The van der Waals surface area contributed by atoms with Gasteiger partial charge in [-0.15, -0.1) is 11.3 Å². The van der Waals surface area contributed by atoms with E-state index in [9.17, 15) is 0 Å². The van der Waals surface area contributed by atoms with Gasteiger partial charge in [-0.25, -0.2) is 0 Å².